The number of nitrogens with zero attached hydrogens (tertiary/aromatic N) is 6. The molecule has 0 saturated carbocycles. The van der Waals surface area contributed by atoms with Gasteiger partial charge in [0.1, 0.15) is 0 Å². The van der Waals surface area contributed by atoms with Crippen molar-refractivity contribution in [2.24, 2.45) is 7.05 Å². The lowest BCUT2D eigenvalue weighted by Crippen LogP contribution is -2.51. The van der Waals surface area contributed by atoms with Gasteiger partial charge in [-0.3, -0.25) is 9.58 Å². The maximum absolute atomic E-state index is 6.63. The summed E-state index contributed by atoms with van der Waals surface area (Å²) in [5.41, 5.74) is 2.24. The van der Waals surface area contributed by atoms with Gasteiger partial charge in [0, 0.05) is 17.5 Å². The number of halogens is 1. The summed E-state index contributed by atoms with van der Waals surface area (Å²) < 4.78 is 8.85. The van der Waals surface area contributed by atoms with Crippen molar-refractivity contribution in [3.05, 3.63) is 35.1 Å². The van der Waals surface area contributed by atoms with E-state index in [2.05, 4.69) is 26.4 Å². The van der Waals surface area contributed by atoms with E-state index < -0.39 is 0 Å². The highest BCUT2D eigenvalue weighted by Gasteiger charge is 2.30. The van der Waals surface area contributed by atoms with Crippen molar-refractivity contribution in [2.75, 3.05) is 26.3 Å². The maximum Gasteiger partial charge on any atom is 0.196 e. The van der Waals surface area contributed by atoms with Crippen LogP contribution in [0.1, 0.15) is 24.3 Å². The lowest BCUT2D eigenvalue weighted by molar-refractivity contribution is -0.0712. The summed E-state index contributed by atoms with van der Waals surface area (Å²) in [6.45, 7) is 3.98. The van der Waals surface area contributed by atoms with E-state index in [1.807, 2.05) is 30.2 Å². The van der Waals surface area contributed by atoms with Crippen molar-refractivity contribution in [3.8, 4) is 5.82 Å². The first-order valence-electron chi connectivity index (χ1n) is 9.05. The summed E-state index contributed by atoms with van der Waals surface area (Å²) in [5, 5.41) is 14.5. The smallest absolute Gasteiger partial charge is 0.196 e. The first-order chi connectivity index (χ1) is 12.7. The van der Waals surface area contributed by atoms with Crippen LogP contribution in [0.5, 0.6) is 0 Å². The minimum atomic E-state index is 0.481. The van der Waals surface area contributed by atoms with E-state index in [0.29, 0.717) is 12.0 Å². The molecular weight excluding hydrogens is 352 g/mol. The maximum atomic E-state index is 6.63. The first kappa shape index (κ1) is 16.2. The van der Waals surface area contributed by atoms with Crippen molar-refractivity contribution in [3.63, 3.8) is 0 Å². The largest absolute Gasteiger partial charge is 0.378 e. The summed E-state index contributed by atoms with van der Waals surface area (Å²) >= 11 is 6.63. The Morgan fingerprint density at radius 3 is 2.65 bits per heavy atom. The quantitative estimate of drug-likeness (QED) is 0.706. The van der Waals surface area contributed by atoms with Gasteiger partial charge in [-0.2, -0.15) is 5.10 Å². The van der Waals surface area contributed by atoms with Gasteiger partial charge in [-0.15, -0.1) is 5.10 Å². The Kier molecular flexibility index (Phi) is 3.95. The van der Waals surface area contributed by atoms with Gasteiger partial charge >= 0.3 is 0 Å². The summed E-state index contributed by atoms with van der Waals surface area (Å²) in [6.07, 6.45) is 5.95. The van der Waals surface area contributed by atoms with Gasteiger partial charge in [0.05, 0.1) is 37.2 Å². The van der Waals surface area contributed by atoms with Crippen molar-refractivity contribution in [2.45, 2.75) is 24.8 Å². The molecule has 0 spiro atoms. The van der Waals surface area contributed by atoms with Crippen LogP contribution in [0.15, 0.2) is 24.5 Å². The molecule has 0 aliphatic carbocycles. The van der Waals surface area contributed by atoms with Gasteiger partial charge < -0.3 is 4.74 Å². The Morgan fingerprint density at radius 1 is 1.19 bits per heavy atom. The molecule has 0 amide bonds. The number of hydrogen-bond donors (Lipinski definition) is 0. The van der Waals surface area contributed by atoms with Gasteiger partial charge in [-0.05, 0) is 49.5 Å². The Labute approximate surface area is 156 Å². The van der Waals surface area contributed by atoms with Gasteiger partial charge in [0.25, 0.3) is 0 Å². The molecule has 1 aromatic carbocycles. The van der Waals surface area contributed by atoms with Crippen molar-refractivity contribution >= 4 is 22.5 Å². The van der Waals surface area contributed by atoms with Crippen LogP contribution in [-0.4, -0.2) is 62.0 Å². The third kappa shape index (κ3) is 2.71. The fourth-order valence-electron chi connectivity index (χ4n) is 4.00. The molecule has 2 aromatic heterocycles. The molecule has 2 saturated heterocycles. The highest BCUT2D eigenvalue weighted by atomic mass is 35.5. The number of rotatable bonds is 3. The molecule has 4 heterocycles. The average Bonchev–Trinajstić information content (AvgIpc) is 3.19. The highest BCUT2D eigenvalue weighted by molar-refractivity contribution is 6.32. The molecule has 3 aromatic rings. The van der Waals surface area contributed by atoms with Crippen molar-refractivity contribution in [1.29, 1.82) is 0 Å². The zero-order chi connectivity index (χ0) is 17.7. The van der Waals surface area contributed by atoms with Crippen LogP contribution < -0.4 is 0 Å². The van der Waals surface area contributed by atoms with Crippen LogP contribution in [0, 0.1) is 0 Å². The molecule has 0 N–H and O–H groups in total. The molecule has 0 unspecified atom stereocenters. The van der Waals surface area contributed by atoms with Crippen molar-refractivity contribution in [1.82, 2.24) is 29.7 Å². The predicted molar refractivity (Wildman–Crippen MR) is 98.8 cm³/mol. The summed E-state index contributed by atoms with van der Waals surface area (Å²) in [6, 6.07) is 4.83. The Balaban J connectivity index is 1.45. The lowest BCUT2D eigenvalue weighted by atomic mass is 9.88. The zero-order valence-corrected chi connectivity index (χ0v) is 15.4. The Bertz CT molecular complexity index is 938. The second-order valence-corrected chi connectivity index (χ2v) is 7.65. The third-order valence-corrected chi connectivity index (χ3v) is 5.93. The van der Waals surface area contributed by atoms with Crippen LogP contribution in [0.3, 0.4) is 0 Å². The summed E-state index contributed by atoms with van der Waals surface area (Å²) in [5.74, 6) is 1.20. The van der Waals surface area contributed by atoms with Crippen LogP contribution >= 0.6 is 11.6 Å². The number of likely N-dealkylation sites (tertiary alicyclic amines) is 1. The average molecular weight is 373 g/mol. The van der Waals surface area contributed by atoms with Crippen LogP contribution in [-0.2, 0) is 11.8 Å². The van der Waals surface area contributed by atoms with Gasteiger partial charge in [-0.1, -0.05) is 16.8 Å². The lowest BCUT2D eigenvalue weighted by Gasteiger charge is -2.41. The first-order valence-corrected chi connectivity index (χ1v) is 9.42. The Morgan fingerprint density at radius 2 is 2.00 bits per heavy atom. The van der Waals surface area contributed by atoms with E-state index >= 15 is 0 Å². The molecule has 136 valence electrons. The fraction of sp³-hybridized carbons (Fsp3) is 0.500. The van der Waals surface area contributed by atoms with E-state index in [1.165, 1.54) is 5.56 Å². The van der Waals surface area contributed by atoms with Crippen molar-refractivity contribution < 1.29 is 4.74 Å². The standard InChI is InChI=1S/C18H21ClN6O/c1-23-9-18(21-22-23)25-17-7-15(16(19)6-13(17)8-20-25)12-2-4-24(5-3-12)14-10-26-11-14/h6-9,12,14H,2-5,10-11H2,1H3. The second-order valence-electron chi connectivity index (χ2n) is 7.24. The molecule has 8 heteroatoms. The molecule has 0 atom stereocenters. The zero-order valence-electron chi connectivity index (χ0n) is 14.7. The van der Waals surface area contributed by atoms with Gasteiger partial charge in [0.2, 0.25) is 0 Å². The number of fused-ring (bicyclic) bond motifs is 1. The predicted octanol–water partition coefficient (Wildman–Crippen LogP) is 2.39. The summed E-state index contributed by atoms with van der Waals surface area (Å²) in [7, 11) is 1.85. The van der Waals surface area contributed by atoms with E-state index in [4.69, 9.17) is 16.3 Å². The molecule has 0 bridgehead atoms. The normalized spacial score (nSPS) is 19.9. The van der Waals surface area contributed by atoms with Crippen LogP contribution in [0.25, 0.3) is 16.7 Å². The number of hydrogen-bond acceptors (Lipinski definition) is 5. The highest BCUT2D eigenvalue weighted by Crippen LogP contribution is 2.36. The number of ether oxygens (including phenoxy) is 1. The molecule has 2 aliphatic heterocycles. The molecule has 2 aliphatic rings. The van der Waals surface area contributed by atoms with Crippen LogP contribution in [0.2, 0.25) is 5.02 Å². The van der Waals surface area contributed by atoms with E-state index in [0.717, 1.165) is 60.9 Å². The van der Waals surface area contributed by atoms with Gasteiger partial charge in [-0.25, -0.2) is 4.68 Å². The van der Waals surface area contributed by atoms with E-state index in [-0.39, 0.29) is 0 Å². The molecule has 5 rings (SSSR count). The minimum Gasteiger partial charge on any atom is -0.378 e. The number of aryl methyl sites for hydroxylation is 1. The van der Waals surface area contributed by atoms with E-state index in [9.17, 15) is 0 Å². The molecule has 7 nitrogen and oxygen atoms in total. The molecule has 0 radical (unpaired) electrons. The fourth-order valence-corrected chi connectivity index (χ4v) is 4.33. The third-order valence-electron chi connectivity index (χ3n) is 5.60. The van der Waals surface area contributed by atoms with E-state index in [1.54, 1.807) is 4.68 Å². The summed E-state index contributed by atoms with van der Waals surface area (Å²) in [4.78, 5) is 2.55. The Hall–Kier alpha value is -1.96. The molecular formula is C18H21ClN6O. The second kappa shape index (κ2) is 6.33. The molecule has 26 heavy (non-hydrogen) atoms. The van der Waals surface area contributed by atoms with Gasteiger partial charge in [0.15, 0.2) is 5.82 Å². The number of piperidine rings is 1. The number of benzene rings is 1. The minimum absolute atomic E-state index is 0.481. The van der Waals surface area contributed by atoms with Crippen LogP contribution in [0.4, 0.5) is 0 Å². The molecule has 2 fully saturated rings. The number of aromatic nitrogens is 5. The SMILES string of the molecule is Cn1cc(-n2ncc3cc(Cl)c(C4CCN(C5COC5)CC4)cc32)nn1. The monoisotopic (exact) mass is 372 g/mol. The topological polar surface area (TPSA) is 61.0 Å².